The predicted molar refractivity (Wildman–Crippen MR) is 117 cm³/mol. The van der Waals surface area contributed by atoms with Crippen LogP contribution in [0.15, 0.2) is 0 Å². The molecule has 188 valence electrons. The summed E-state index contributed by atoms with van der Waals surface area (Å²) in [6.45, 7) is 19.5. The minimum Gasteiger partial charge on any atom is -0.550 e. The smallest absolute Gasteiger partial charge is 0.550 e. The van der Waals surface area contributed by atoms with Crippen molar-refractivity contribution in [3.8, 4) is 0 Å². The maximum Gasteiger partial charge on any atom is 1.00 e. The van der Waals surface area contributed by atoms with E-state index in [1.165, 1.54) is 0 Å². The minimum atomic E-state index is -1.40. The standard InChI is InChI=1S/2C12H22O4.K.Li/c2*1-6-7-12(5,11(2,3)4)16-10(15)8-9(13)14;;/h2*6-8H2,1-5H3,(H,13,14);;/q;;2*+1/p-2. The van der Waals surface area contributed by atoms with Gasteiger partial charge in [0.25, 0.3) is 0 Å². The Morgan fingerprint density at radius 3 is 1.00 bits per heavy atom. The molecule has 0 heterocycles. The Hall–Kier alpha value is 0.114. The second kappa shape index (κ2) is 17.5. The number of hydrogen-bond donors (Lipinski definition) is 0. The van der Waals surface area contributed by atoms with Gasteiger partial charge in [-0.3, -0.25) is 9.59 Å². The normalized spacial score (nSPS) is 14.4. The van der Waals surface area contributed by atoms with Gasteiger partial charge in [-0.1, -0.05) is 68.2 Å². The Balaban J connectivity index is -0.000000250. The van der Waals surface area contributed by atoms with Crippen LogP contribution in [0.4, 0.5) is 0 Å². The largest absolute Gasteiger partial charge is 1.00 e. The van der Waals surface area contributed by atoms with Crippen molar-refractivity contribution in [2.75, 3.05) is 0 Å². The second-order valence-electron chi connectivity index (χ2n) is 10.5. The number of carboxylic acid groups (broad SMARTS) is 2. The van der Waals surface area contributed by atoms with Crippen molar-refractivity contribution in [3.63, 3.8) is 0 Å². The fraction of sp³-hybridized carbons (Fsp3) is 0.833. The summed E-state index contributed by atoms with van der Waals surface area (Å²) in [5.41, 5.74) is -1.75. The SMILES string of the molecule is CCCC(C)(OC(=O)CC(=O)[O-])C(C)(C)C.CCCC(C)(OC(=O)CC(=O)[O-])C(C)(C)C.[K+].[Li+]. The molecule has 0 radical (unpaired) electrons. The maximum absolute atomic E-state index is 11.3. The van der Waals surface area contributed by atoms with E-state index < -0.39 is 47.9 Å². The Morgan fingerprint density at radius 1 is 0.618 bits per heavy atom. The summed E-state index contributed by atoms with van der Waals surface area (Å²) >= 11 is 0. The minimum absolute atomic E-state index is 0. The van der Waals surface area contributed by atoms with Crippen LogP contribution in [-0.2, 0) is 28.7 Å². The molecular weight excluding hydrogens is 462 g/mol. The van der Waals surface area contributed by atoms with E-state index in [1.54, 1.807) is 0 Å². The van der Waals surface area contributed by atoms with Crippen LogP contribution in [0.3, 0.4) is 0 Å². The molecular formula is C24H42KLiO8. The predicted octanol–water partition coefficient (Wildman–Crippen LogP) is -3.44. The summed E-state index contributed by atoms with van der Waals surface area (Å²) < 4.78 is 10.6. The topological polar surface area (TPSA) is 133 Å². The first-order valence-corrected chi connectivity index (χ1v) is 11.1. The zero-order valence-electron chi connectivity index (χ0n) is 23.5. The molecule has 2 atom stereocenters. The molecule has 0 saturated carbocycles. The molecule has 0 amide bonds. The van der Waals surface area contributed by atoms with Gasteiger partial charge in [-0.2, -0.15) is 0 Å². The van der Waals surface area contributed by atoms with Crippen molar-refractivity contribution < 1.29 is 109 Å². The van der Waals surface area contributed by atoms with Crippen LogP contribution in [0.5, 0.6) is 0 Å². The van der Waals surface area contributed by atoms with E-state index >= 15 is 0 Å². The van der Waals surface area contributed by atoms with Crippen molar-refractivity contribution in [3.05, 3.63) is 0 Å². The van der Waals surface area contributed by atoms with Crippen molar-refractivity contribution in [1.82, 2.24) is 0 Å². The number of carbonyl (C=O) groups excluding carboxylic acids is 4. The van der Waals surface area contributed by atoms with Crippen molar-refractivity contribution in [2.24, 2.45) is 10.8 Å². The molecule has 0 aliphatic heterocycles. The number of ether oxygens (including phenoxy) is 2. The third-order valence-corrected chi connectivity index (χ3v) is 5.88. The Bertz CT molecular complexity index is 598. The number of carboxylic acids is 2. The van der Waals surface area contributed by atoms with Crippen molar-refractivity contribution in [1.29, 1.82) is 0 Å². The fourth-order valence-electron chi connectivity index (χ4n) is 2.92. The van der Waals surface area contributed by atoms with E-state index in [0.717, 1.165) is 12.8 Å². The number of esters is 2. The van der Waals surface area contributed by atoms with E-state index in [1.807, 2.05) is 69.2 Å². The summed E-state index contributed by atoms with van der Waals surface area (Å²) in [5, 5.41) is 20.6. The summed E-state index contributed by atoms with van der Waals surface area (Å²) in [5.74, 6) is -4.27. The first-order chi connectivity index (χ1) is 14.2. The van der Waals surface area contributed by atoms with Crippen LogP contribution in [0.25, 0.3) is 0 Å². The van der Waals surface area contributed by atoms with Gasteiger partial charge in [0.15, 0.2) is 0 Å². The fourth-order valence-corrected chi connectivity index (χ4v) is 2.92. The summed E-state index contributed by atoms with van der Waals surface area (Å²) in [7, 11) is 0. The molecule has 0 saturated heterocycles. The van der Waals surface area contributed by atoms with Crippen molar-refractivity contribution >= 4 is 23.9 Å². The van der Waals surface area contributed by atoms with E-state index in [0.29, 0.717) is 12.8 Å². The van der Waals surface area contributed by atoms with Gasteiger partial charge in [0.1, 0.15) is 11.2 Å². The molecule has 0 spiro atoms. The van der Waals surface area contributed by atoms with Gasteiger partial charge in [0.05, 0.1) is 24.8 Å². The second-order valence-corrected chi connectivity index (χ2v) is 10.5. The third kappa shape index (κ3) is 16.0. The number of hydrogen-bond acceptors (Lipinski definition) is 8. The molecule has 0 aliphatic carbocycles. The summed E-state index contributed by atoms with van der Waals surface area (Å²) in [6, 6.07) is 0. The summed E-state index contributed by atoms with van der Waals surface area (Å²) in [6.07, 6.45) is 1.77. The quantitative estimate of drug-likeness (QED) is 0.170. The first-order valence-electron chi connectivity index (χ1n) is 11.1. The Kier molecular flexibility index (Phi) is 21.3. The van der Waals surface area contributed by atoms with Gasteiger partial charge < -0.3 is 29.3 Å². The summed E-state index contributed by atoms with van der Waals surface area (Å²) in [4.78, 5) is 43.3. The van der Waals surface area contributed by atoms with Crippen molar-refractivity contribution in [2.45, 2.75) is 119 Å². The zero-order valence-corrected chi connectivity index (χ0v) is 26.6. The maximum atomic E-state index is 11.3. The van der Waals surface area contributed by atoms with Crippen LogP contribution in [0, 0.1) is 10.8 Å². The van der Waals surface area contributed by atoms with E-state index in [9.17, 15) is 29.4 Å². The first kappa shape index (κ1) is 41.2. The zero-order chi connectivity index (χ0) is 26.0. The number of rotatable bonds is 10. The van der Waals surface area contributed by atoms with Crippen LogP contribution < -0.4 is 80.5 Å². The average molecular weight is 505 g/mol. The van der Waals surface area contributed by atoms with Crippen LogP contribution in [0.2, 0.25) is 0 Å². The molecule has 34 heavy (non-hydrogen) atoms. The van der Waals surface area contributed by atoms with Gasteiger partial charge in [-0.05, 0) is 26.7 Å². The monoisotopic (exact) mass is 504 g/mol. The molecule has 10 heteroatoms. The van der Waals surface area contributed by atoms with Gasteiger partial charge in [-0.15, -0.1) is 0 Å². The molecule has 0 N–H and O–H groups in total. The molecule has 0 fully saturated rings. The van der Waals surface area contributed by atoms with E-state index in [4.69, 9.17) is 9.47 Å². The molecule has 8 nitrogen and oxygen atoms in total. The van der Waals surface area contributed by atoms with Crippen LogP contribution >= 0.6 is 0 Å². The molecule has 0 aromatic rings. The Morgan fingerprint density at radius 2 is 0.853 bits per heavy atom. The van der Waals surface area contributed by atoms with Gasteiger partial charge in [0, 0.05) is 10.8 Å². The van der Waals surface area contributed by atoms with Gasteiger partial charge in [0.2, 0.25) is 0 Å². The molecule has 0 aromatic carbocycles. The van der Waals surface area contributed by atoms with E-state index in [-0.39, 0.29) is 81.1 Å². The molecule has 2 unspecified atom stereocenters. The molecule has 0 rings (SSSR count). The molecule has 0 aliphatic rings. The van der Waals surface area contributed by atoms with Crippen LogP contribution in [0.1, 0.15) is 108 Å². The number of aliphatic carboxylic acids is 2. The third-order valence-electron chi connectivity index (χ3n) is 5.88. The molecule has 0 aromatic heterocycles. The van der Waals surface area contributed by atoms with Gasteiger partial charge in [-0.25, -0.2) is 0 Å². The number of carbonyl (C=O) groups is 4. The average Bonchev–Trinajstić information content (AvgIpc) is 2.51. The van der Waals surface area contributed by atoms with Gasteiger partial charge >= 0.3 is 82.2 Å². The molecule has 0 bridgehead atoms. The van der Waals surface area contributed by atoms with E-state index in [2.05, 4.69) is 0 Å². The van der Waals surface area contributed by atoms with Crippen LogP contribution in [-0.4, -0.2) is 35.1 Å². The Labute approximate surface area is 260 Å².